The largest absolute Gasteiger partial charge is 0.309 e. The van der Waals surface area contributed by atoms with E-state index >= 15 is 0 Å². The normalized spacial score (nSPS) is 12.2. The molecule has 53 heavy (non-hydrogen) atoms. The zero-order valence-electron chi connectivity index (χ0n) is 28.4. The Morgan fingerprint density at radius 3 is 1.77 bits per heavy atom. The van der Waals surface area contributed by atoms with E-state index < -0.39 is 0 Å². The van der Waals surface area contributed by atoms with Crippen molar-refractivity contribution in [1.82, 2.24) is 19.1 Å². The summed E-state index contributed by atoms with van der Waals surface area (Å²) in [5.41, 5.74) is 9.09. The smallest absolute Gasteiger partial charge is 0.157 e. The summed E-state index contributed by atoms with van der Waals surface area (Å²) in [5, 5.41) is 11.1. The molecule has 0 fully saturated rings. The molecule has 8 aromatic carbocycles. The summed E-state index contributed by atoms with van der Waals surface area (Å²) in [6.45, 7) is 0. The molecule has 0 aliphatic heterocycles. The minimum absolute atomic E-state index is 0.822. The van der Waals surface area contributed by atoms with Crippen LogP contribution < -0.4 is 0 Å². The molecule has 0 atom stereocenters. The Bertz CT molecular complexity index is 3460. The van der Waals surface area contributed by atoms with E-state index in [4.69, 9.17) is 9.97 Å². The van der Waals surface area contributed by atoms with Crippen LogP contribution >= 0.6 is 11.3 Å². The Hall–Kier alpha value is -6.82. The third-order valence-electron chi connectivity index (χ3n) is 11.0. The molecule has 0 saturated heterocycles. The SMILES string of the molecule is c1ccc(-n2c3ccccc3c3cc(-c4ccc5c6ccccc6n(-c6cnc7c(n6)sc6c8ccccc8c8ccccc8c76)c5c4)ccc32)cc1. The Morgan fingerprint density at radius 1 is 0.415 bits per heavy atom. The van der Waals surface area contributed by atoms with Gasteiger partial charge in [-0.05, 0) is 69.8 Å². The number of aromatic nitrogens is 4. The molecule has 0 amide bonds. The molecule has 12 rings (SSSR count). The zero-order valence-corrected chi connectivity index (χ0v) is 29.2. The lowest BCUT2D eigenvalue weighted by Gasteiger charge is -2.09. The van der Waals surface area contributed by atoms with Crippen LogP contribution in [0.3, 0.4) is 0 Å². The number of hydrogen-bond acceptors (Lipinski definition) is 3. The average Bonchev–Trinajstić information content (AvgIpc) is 3.88. The van der Waals surface area contributed by atoms with Crippen molar-refractivity contribution in [1.29, 1.82) is 0 Å². The van der Waals surface area contributed by atoms with Crippen molar-refractivity contribution in [2.45, 2.75) is 0 Å². The molecule has 5 heteroatoms. The highest BCUT2D eigenvalue weighted by atomic mass is 32.1. The topological polar surface area (TPSA) is 35.6 Å². The van der Waals surface area contributed by atoms with Gasteiger partial charge in [-0.3, -0.25) is 4.57 Å². The minimum Gasteiger partial charge on any atom is -0.309 e. The fraction of sp³-hybridized carbons (Fsp3) is 0. The van der Waals surface area contributed by atoms with E-state index in [9.17, 15) is 0 Å². The van der Waals surface area contributed by atoms with Crippen molar-refractivity contribution in [3.63, 3.8) is 0 Å². The highest BCUT2D eigenvalue weighted by Crippen LogP contribution is 2.43. The molecular formula is C48H28N4S. The molecule has 0 radical (unpaired) electrons. The maximum absolute atomic E-state index is 5.39. The first-order chi connectivity index (χ1) is 26.3. The summed E-state index contributed by atoms with van der Waals surface area (Å²) < 4.78 is 5.89. The quantitative estimate of drug-likeness (QED) is 0.173. The molecule has 12 aromatic rings. The Morgan fingerprint density at radius 2 is 0.981 bits per heavy atom. The predicted molar refractivity (Wildman–Crippen MR) is 224 cm³/mol. The molecule has 0 bridgehead atoms. The number of hydrogen-bond donors (Lipinski definition) is 0. The van der Waals surface area contributed by atoms with Crippen LogP contribution in [-0.4, -0.2) is 19.1 Å². The summed E-state index contributed by atoms with van der Waals surface area (Å²) in [7, 11) is 0. The molecule has 0 aliphatic carbocycles. The highest BCUT2D eigenvalue weighted by molar-refractivity contribution is 7.26. The highest BCUT2D eigenvalue weighted by Gasteiger charge is 2.20. The van der Waals surface area contributed by atoms with Crippen molar-refractivity contribution < 1.29 is 0 Å². The predicted octanol–water partition coefficient (Wildman–Crippen LogP) is 13.0. The number of thiophene rings is 1. The fourth-order valence-electron chi connectivity index (χ4n) is 8.67. The third-order valence-corrected chi connectivity index (χ3v) is 12.1. The Labute approximate surface area is 307 Å². The fourth-order valence-corrected chi connectivity index (χ4v) is 9.85. The lowest BCUT2D eigenvalue weighted by molar-refractivity contribution is 1.08. The van der Waals surface area contributed by atoms with Gasteiger partial charge in [0.15, 0.2) is 5.82 Å². The number of nitrogens with zero attached hydrogens (tertiary/aromatic N) is 4. The van der Waals surface area contributed by atoms with Gasteiger partial charge in [0.05, 0.1) is 28.3 Å². The van der Waals surface area contributed by atoms with Gasteiger partial charge >= 0.3 is 0 Å². The van der Waals surface area contributed by atoms with Gasteiger partial charge in [0.1, 0.15) is 10.3 Å². The second-order valence-corrected chi connectivity index (χ2v) is 14.8. The standard InChI is InChI=1S/C48H28N4S/c1-2-12-31(13-3-1)51-40-20-10-9-17-35(40)39-26-29(23-25-42(39)51)30-22-24-36-34-16-8-11-21-41(34)52(43(36)27-30)44-28-49-46-45-37-18-6-4-14-32(37)33-15-5-7-19-38(33)47(45)53-48(46)50-44/h1-28H. The van der Waals surface area contributed by atoms with E-state index in [1.54, 1.807) is 11.3 Å². The first kappa shape index (κ1) is 28.8. The van der Waals surface area contributed by atoms with E-state index in [-0.39, 0.29) is 0 Å². The molecule has 4 nitrogen and oxygen atoms in total. The van der Waals surface area contributed by atoms with Crippen LogP contribution in [0.1, 0.15) is 0 Å². The number of fused-ring (bicyclic) bond motifs is 14. The van der Waals surface area contributed by atoms with Gasteiger partial charge in [0.25, 0.3) is 0 Å². The Kier molecular flexibility index (Phi) is 5.90. The summed E-state index contributed by atoms with van der Waals surface area (Å²) >= 11 is 1.74. The monoisotopic (exact) mass is 692 g/mol. The first-order valence-electron chi connectivity index (χ1n) is 17.9. The lowest BCUT2D eigenvalue weighted by atomic mass is 9.98. The second-order valence-electron chi connectivity index (χ2n) is 13.8. The van der Waals surface area contributed by atoms with Gasteiger partial charge in [0, 0.05) is 42.7 Å². The van der Waals surface area contributed by atoms with Gasteiger partial charge in [-0.1, -0.05) is 121 Å². The third kappa shape index (κ3) is 4.05. The summed E-state index contributed by atoms with van der Waals surface area (Å²) in [5.74, 6) is 0.822. The maximum Gasteiger partial charge on any atom is 0.157 e. The maximum atomic E-state index is 5.39. The van der Waals surface area contributed by atoms with Gasteiger partial charge in [-0.15, -0.1) is 11.3 Å². The summed E-state index contributed by atoms with van der Waals surface area (Å²) in [6, 6.07) is 59.1. The molecule has 4 aromatic heterocycles. The molecule has 0 saturated carbocycles. The molecule has 0 N–H and O–H groups in total. The van der Waals surface area contributed by atoms with Crippen molar-refractivity contribution in [2.24, 2.45) is 0 Å². The van der Waals surface area contributed by atoms with Crippen LogP contribution in [0.15, 0.2) is 170 Å². The van der Waals surface area contributed by atoms with Gasteiger partial charge in [-0.2, -0.15) is 0 Å². The number of para-hydroxylation sites is 3. The van der Waals surface area contributed by atoms with Gasteiger partial charge in [0.2, 0.25) is 0 Å². The van der Waals surface area contributed by atoms with Gasteiger partial charge < -0.3 is 4.57 Å². The molecule has 4 heterocycles. The second kappa shape index (κ2) is 10.8. The van der Waals surface area contributed by atoms with E-state index in [2.05, 4.69) is 173 Å². The van der Waals surface area contributed by atoms with E-state index in [1.807, 2.05) is 6.20 Å². The van der Waals surface area contributed by atoms with E-state index in [0.717, 1.165) is 38.4 Å². The number of benzene rings is 8. The van der Waals surface area contributed by atoms with Gasteiger partial charge in [-0.25, -0.2) is 9.97 Å². The van der Waals surface area contributed by atoms with E-state index in [0.29, 0.717) is 0 Å². The summed E-state index contributed by atoms with van der Waals surface area (Å²) in [4.78, 5) is 11.5. The first-order valence-corrected chi connectivity index (χ1v) is 18.7. The molecule has 0 aliphatic rings. The minimum atomic E-state index is 0.822. The van der Waals surface area contributed by atoms with Crippen LogP contribution in [0.5, 0.6) is 0 Å². The van der Waals surface area contributed by atoms with E-state index in [1.165, 1.54) is 69.8 Å². The van der Waals surface area contributed by atoms with Crippen LogP contribution in [0.2, 0.25) is 0 Å². The lowest BCUT2D eigenvalue weighted by Crippen LogP contribution is -1.98. The molecule has 246 valence electrons. The zero-order chi connectivity index (χ0) is 34.6. The van der Waals surface area contributed by atoms with Crippen LogP contribution in [0.25, 0.3) is 108 Å². The van der Waals surface area contributed by atoms with Crippen LogP contribution in [0.4, 0.5) is 0 Å². The van der Waals surface area contributed by atoms with Crippen molar-refractivity contribution in [3.05, 3.63) is 170 Å². The molecular weight excluding hydrogens is 665 g/mol. The van der Waals surface area contributed by atoms with Crippen molar-refractivity contribution in [3.8, 4) is 22.6 Å². The average molecular weight is 693 g/mol. The summed E-state index contributed by atoms with van der Waals surface area (Å²) in [6.07, 6.45) is 1.96. The van der Waals surface area contributed by atoms with Crippen molar-refractivity contribution in [2.75, 3.05) is 0 Å². The van der Waals surface area contributed by atoms with Crippen LogP contribution in [0, 0.1) is 0 Å². The van der Waals surface area contributed by atoms with Crippen molar-refractivity contribution >= 4 is 96.9 Å². The van der Waals surface area contributed by atoms with Crippen LogP contribution in [-0.2, 0) is 0 Å². The molecule has 0 unspecified atom stereocenters. The number of rotatable bonds is 3. The molecule has 0 spiro atoms. The Balaban J connectivity index is 1.08.